The molecule has 0 spiro atoms. The van der Waals surface area contributed by atoms with Gasteiger partial charge in [0.15, 0.2) is 0 Å². The first kappa shape index (κ1) is 22.3. The van der Waals surface area contributed by atoms with Crippen molar-refractivity contribution >= 4 is 34.5 Å². The average molecular weight is 418 g/mol. The zero-order chi connectivity index (χ0) is 22.2. The average Bonchev–Trinajstić information content (AvgIpc) is 3.13. The second-order valence-electron chi connectivity index (χ2n) is 8.15. The molecule has 2 amide bonds. The van der Waals surface area contributed by atoms with Crippen LogP contribution in [0.15, 0.2) is 60.7 Å². The predicted molar refractivity (Wildman–Crippen MR) is 128 cm³/mol. The molecule has 1 aromatic heterocycles. The number of aromatic nitrogens is 1. The number of fused-ring (bicyclic) bond motifs is 1. The maximum absolute atomic E-state index is 12.8. The Bertz CT molecular complexity index is 1060. The summed E-state index contributed by atoms with van der Waals surface area (Å²) in [5, 5.41) is 6.87. The van der Waals surface area contributed by atoms with E-state index in [1.165, 1.54) is 6.08 Å². The number of aryl methyl sites for hydroxylation is 1. The summed E-state index contributed by atoms with van der Waals surface area (Å²) in [6.07, 6.45) is 5.36. The van der Waals surface area contributed by atoms with Gasteiger partial charge in [0.25, 0.3) is 5.91 Å². The minimum absolute atomic E-state index is 0.0580. The lowest BCUT2D eigenvalue weighted by Gasteiger charge is -2.12. The third-order valence-electron chi connectivity index (χ3n) is 5.03. The number of carbonyl (C=O) groups excluding carboxylic acids is 2. The Labute approximate surface area is 184 Å². The number of carbonyl (C=O) groups is 2. The molecule has 0 bridgehead atoms. The second kappa shape index (κ2) is 10.6. The molecular formula is C26H31N3O2. The van der Waals surface area contributed by atoms with Gasteiger partial charge in [-0.15, -0.1) is 0 Å². The van der Waals surface area contributed by atoms with Crippen LogP contribution in [0.4, 0.5) is 5.69 Å². The van der Waals surface area contributed by atoms with Gasteiger partial charge in [-0.05, 0) is 48.2 Å². The van der Waals surface area contributed by atoms with E-state index in [1.807, 2.05) is 54.6 Å². The van der Waals surface area contributed by atoms with E-state index in [1.54, 1.807) is 6.08 Å². The molecule has 3 rings (SSSR count). The molecule has 2 aromatic carbocycles. The van der Waals surface area contributed by atoms with Crippen molar-refractivity contribution in [3.05, 3.63) is 71.9 Å². The Morgan fingerprint density at radius 2 is 1.84 bits per heavy atom. The SMILES string of the molecule is CCCCn1c(C(=O)NCC(C)C)cc2cc(NC(=O)/C=C/c3ccccc3)ccc21. The predicted octanol–water partition coefficient (Wildman–Crippen LogP) is 5.48. The maximum atomic E-state index is 12.8. The molecule has 0 radical (unpaired) electrons. The molecule has 2 N–H and O–H groups in total. The van der Waals surface area contributed by atoms with Gasteiger partial charge in [0.2, 0.25) is 5.91 Å². The summed E-state index contributed by atoms with van der Waals surface area (Å²) in [5.74, 6) is 0.143. The number of nitrogens with one attached hydrogen (secondary N) is 2. The third-order valence-corrected chi connectivity index (χ3v) is 5.03. The first-order valence-electron chi connectivity index (χ1n) is 10.9. The monoisotopic (exact) mass is 417 g/mol. The lowest BCUT2D eigenvalue weighted by molar-refractivity contribution is -0.111. The lowest BCUT2D eigenvalue weighted by Crippen LogP contribution is -2.29. The first-order valence-corrected chi connectivity index (χ1v) is 10.9. The van der Waals surface area contributed by atoms with Crippen LogP contribution in [0.25, 0.3) is 17.0 Å². The van der Waals surface area contributed by atoms with E-state index in [4.69, 9.17) is 0 Å². The number of benzene rings is 2. The smallest absolute Gasteiger partial charge is 0.267 e. The van der Waals surface area contributed by atoms with Gasteiger partial charge in [-0.3, -0.25) is 9.59 Å². The van der Waals surface area contributed by atoms with Crippen molar-refractivity contribution in [3.63, 3.8) is 0 Å². The fraction of sp³-hybridized carbons (Fsp3) is 0.308. The van der Waals surface area contributed by atoms with E-state index in [0.29, 0.717) is 23.8 Å². The van der Waals surface area contributed by atoms with Gasteiger partial charge in [0, 0.05) is 35.8 Å². The van der Waals surface area contributed by atoms with Crippen molar-refractivity contribution < 1.29 is 9.59 Å². The molecule has 5 nitrogen and oxygen atoms in total. The van der Waals surface area contributed by atoms with E-state index < -0.39 is 0 Å². The molecule has 0 unspecified atom stereocenters. The van der Waals surface area contributed by atoms with E-state index in [0.717, 1.165) is 35.9 Å². The van der Waals surface area contributed by atoms with Gasteiger partial charge >= 0.3 is 0 Å². The van der Waals surface area contributed by atoms with Crippen LogP contribution in [0, 0.1) is 5.92 Å². The zero-order valence-electron chi connectivity index (χ0n) is 18.5. The number of unbranched alkanes of at least 4 members (excludes halogenated alkanes) is 1. The van der Waals surface area contributed by atoms with Crippen molar-refractivity contribution in [2.75, 3.05) is 11.9 Å². The largest absolute Gasteiger partial charge is 0.351 e. The van der Waals surface area contributed by atoms with Crippen molar-refractivity contribution in [1.82, 2.24) is 9.88 Å². The van der Waals surface area contributed by atoms with Crippen molar-refractivity contribution in [2.24, 2.45) is 5.92 Å². The molecule has 162 valence electrons. The number of nitrogens with zero attached hydrogens (tertiary/aromatic N) is 1. The minimum atomic E-state index is -0.191. The standard InChI is InChI=1S/C26H31N3O2/c1-4-5-15-29-23-13-12-22(28-25(30)14-11-20-9-7-6-8-10-20)16-21(23)17-24(29)26(31)27-18-19(2)3/h6-14,16-17,19H,4-5,15,18H2,1-3H3,(H,27,31)(H,28,30)/b14-11+. The molecule has 0 aliphatic carbocycles. The molecule has 5 heteroatoms. The molecule has 31 heavy (non-hydrogen) atoms. The molecule has 0 atom stereocenters. The highest BCUT2D eigenvalue weighted by Gasteiger charge is 2.16. The highest BCUT2D eigenvalue weighted by Crippen LogP contribution is 2.24. The summed E-state index contributed by atoms with van der Waals surface area (Å²) in [7, 11) is 0. The summed E-state index contributed by atoms with van der Waals surface area (Å²) in [6, 6.07) is 17.4. The molecular weight excluding hydrogens is 386 g/mol. The van der Waals surface area contributed by atoms with Crippen LogP contribution in [0.2, 0.25) is 0 Å². The quantitative estimate of drug-likeness (QED) is 0.453. The van der Waals surface area contributed by atoms with Crippen LogP contribution in [0.1, 0.15) is 49.7 Å². The number of hydrogen-bond donors (Lipinski definition) is 2. The Balaban J connectivity index is 1.81. The molecule has 0 aliphatic heterocycles. The van der Waals surface area contributed by atoms with Gasteiger partial charge in [0.05, 0.1) is 0 Å². The van der Waals surface area contributed by atoms with Crippen LogP contribution in [-0.2, 0) is 11.3 Å². The van der Waals surface area contributed by atoms with Crippen LogP contribution in [0.3, 0.4) is 0 Å². The number of anilines is 1. The van der Waals surface area contributed by atoms with Crippen LogP contribution >= 0.6 is 0 Å². The van der Waals surface area contributed by atoms with E-state index in [2.05, 4.69) is 36.0 Å². The molecule has 0 fully saturated rings. The topological polar surface area (TPSA) is 63.1 Å². The van der Waals surface area contributed by atoms with Crippen LogP contribution in [0.5, 0.6) is 0 Å². The molecule has 0 aliphatic rings. The number of amides is 2. The van der Waals surface area contributed by atoms with Crippen molar-refractivity contribution in [2.45, 2.75) is 40.2 Å². The Morgan fingerprint density at radius 3 is 2.55 bits per heavy atom. The molecule has 0 saturated heterocycles. The van der Waals surface area contributed by atoms with E-state index in [-0.39, 0.29) is 11.8 Å². The summed E-state index contributed by atoms with van der Waals surface area (Å²) in [4.78, 5) is 25.1. The lowest BCUT2D eigenvalue weighted by atomic mass is 10.2. The van der Waals surface area contributed by atoms with Crippen molar-refractivity contribution in [3.8, 4) is 0 Å². The minimum Gasteiger partial charge on any atom is -0.351 e. The van der Waals surface area contributed by atoms with Gasteiger partial charge in [-0.1, -0.05) is 57.5 Å². The van der Waals surface area contributed by atoms with Crippen LogP contribution in [-0.4, -0.2) is 22.9 Å². The third kappa shape index (κ3) is 6.07. The highest BCUT2D eigenvalue weighted by molar-refractivity contribution is 6.04. The van der Waals surface area contributed by atoms with E-state index >= 15 is 0 Å². The summed E-state index contributed by atoms with van der Waals surface area (Å²) < 4.78 is 2.08. The van der Waals surface area contributed by atoms with Gasteiger partial charge in [0.1, 0.15) is 5.69 Å². The Kier molecular flexibility index (Phi) is 7.65. The Hall–Kier alpha value is -3.34. The fourth-order valence-electron chi connectivity index (χ4n) is 3.40. The summed E-state index contributed by atoms with van der Waals surface area (Å²) >= 11 is 0. The highest BCUT2D eigenvalue weighted by atomic mass is 16.2. The number of hydrogen-bond acceptors (Lipinski definition) is 2. The fourth-order valence-corrected chi connectivity index (χ4v) is 3.40. The second-order valence-corrected chi connectivity index (χ2v) is 8.15. The maximum Gasteiger partial charge on any atom is 0.267 e. The molecule has 3 aromatic rings. The van der Waals surface area contributed by atoms with Gasteiger partial charge < -0.3 is 15.2 Å². The molecule has 1 heterocycles. The molecule has 0 saturated carbocycles. The van der Waals surface area contributed by atoms with Crippen LogP contribution < -0.4 is 10.6 Å². The normalized spacial score (nSPS) is 11.4. The van der Waals surface area contributed by atoms with Crippen molar-refractivity contribution in [1.29, 1.82) is 0 Å². The zero-order valence-corrected chi connectivity index (χ0v) is 18.5. The Morgan fingerprint density at radius 1 is 1.06 bits per heavy atom. The summed E-state index contributed by atoms with van der Waals surface area (Å²) in [5.41, 5.74) is 3.34. The van der Waals surface area contributed by atoms with E-state index in [9.17, 15) is 9.59 Å². The van der Waals surface area contributed by atoms with Gasteiger partial charge in [-0.2, -0.15) is 0 Å². The summed E-state index contributed by atoms with van der Waals surface area (Å²) in [6.45, 7) is 7.72. The number of rotatable bonds is 9. The first-order chi connectivity index (χ1) is 15.0. The van der Waals surface area contributed by atoms with Gasteiger partial charge in [-0.25, -0.2) is 0 Å².